The Hall–Kier alpha value is -3.80. The molecule has 2 N–H and O–H groups in total. The Morgan fingerprint density at radius 2 is 2.06 bits per heavy atom. The minimum absolute atomic E-state index is 0.0700. The van der Waals surface area contributed by atoms with Crippen molar-refractivity contribution in [1.82, 2.24) is 29.5 Å². The van der Waals surface area contributed by atoms with Crippen molar-refractivity contribution in [3.63, 3.8) is 0 Å². The molecule has 1 aromatic carbocycles. The lowest BCUT2D eigenvalue weighted by Gasteiger charge is -2.38. The molecule has 3 aromatic heterocycles. The van der Waals surface area contributed by atoms with Gasteiger partial charge in [-0.25, -0.2) is 13.8 Å². The third kappa shape index (κ3) is 3.64. The van der Waals surface area contributed by atoms with Crippen LogP contribution in [0.15, 0.2) is 24.8 Å². The number of anilines is 1. The molecule has 0 spiro atoms. The summed E-state index contributed by atoms with van der Waals surface area (Å²) in [5, 5.41) is 9.69. The number of hydrogen-bond donors (Lipinski definition) is 2. The number of carbonyl (C=O) groups is 2. The Balaban J connectivity index is 1.33. The quantitative estimate of drug-likeness (QED) is 0.434. The summed E-state index contributed by atoms with van der Waals surface area (Å²) in [6, 6.07) is 0. The van der Waals surface area contributed by atoms with E-state index in [9.17, 15) is 14.0 Å². The van der Waals surface area contributed by atoms with Crippen molar-refractivity contribution in [2.24, 2.45) is 5.92 Å². The first-order valence-electron chi connectivity index (χ1n) is 10.9. The maximum atomic E-state index is 15.4. The zero-order chi connectivity index (χ0) is 24.4. The van der Waals surface area contributed by atoms with Crippen LogP contribution in [0, 0.1) is 11.7 Å². The lowest BCUT2D eigenvalue weighted by atomic mass is 10.1. The third-order valence-corrected chi connectivity index (χ3v) is 6.58. The van der Waals surface area contributed by atoms with E-state index in [1.165, 1.54) is 19.3 Å². The van der Waals surface area contributed by atoms with Gasteiger partial charge in [0, 0.05) is 24.1 Å². The second kappa shape index (κ2) is 7.87. The molecule has 180 valence electrons. The fourth-order valence-corrected chi connectivity index (χ4v) is 4.41. The van der Waals surface area contributed by atoms with Crippen LogP contribution < -0.4 is 10.1 Å². The van der Waals surface area contributed by atoms with Crippen LogP contribution in [0.2, 0.25) is 5.02 Å². The molecular formula is C22H18ClF2N7O3. The van der Waals surface area contributed by atoms with E-state index in [1.807, 2.05) is 0 Å². The van der Waals surface area contributed by atoms with Crippen LogP contribution in [0.5, 0.6) is 5.75 Å². The fourth-order valence-electron chi connectivity index (χ4n) is 4.13. The number of carbonyl (C=O) groups excluding carboxylic acids is 2. The number of nitrogens with one attached hydrogen (secondary N) is 2. The summed E-state index contributed by atoms with van der Waals surface area (Å²) in [4.78, 5) is 33.7. The second-order valence-electron chi connectivity index (χ2n) is 8.67. The van der Waals surface area contributed by atoms with E-state index in [2.05, 4.69) is 25.5 Å². The number of alkyl halides is 1. The topological polar surface area (TPSA) is 118 Å². The van der Waals surface area contributed by atoms with Crippen molar-refractivity contribution in [2.45, 2.75) is 25.6 Å². The zero-order valence-corrected chi connectivity index (χ0v) is 19.0. The van der Waals surface area contributed by atoms with Gasteiger partial charge in [-0.2, -0.15) is 5.10 Å². The summed E-state index contributed by atoms with van der Waals surface area (Å²) < 4.78 is 36.0. The van der Waals surface area contributed by atoms with E-state index in [-0.39, 0.29) is 35.0 Å². The summed E-state index contributed by atoms with van der Waals surface area (Å²) in [5.41, 5.74) is 1.39. The predicted octanol–water partition coefficient (Wildman–Crippen LogP) is 2.97. The molecule has 1 saturated heterocycles. The van der Waals surface area contributed by atoms with Gasteiger partial charge < -0.3 is 19.4 Å². The number of benzene rings is 1. The van der Waals surface area contributed by atoms with Crippen LogP contribution in [0.3, 0.4) is 0 Å². The number of H-pyrrole nitrogens is 1. The molecule has 2 amide bonds. The zero-order valence-electron chi connectivity index (χ0n) is 18.3. The largest absolute Gasteiger partial charge is 0.481 e. The van der Waals surface area contributed by atoms with E-state index >= 15 is 4.39 Å². The van der Waals surface area contributed by atoms with Crippen LogP contribution >= 0.6 is 11.6 Å². The van der Waals surface area contributed by atoms with E-state index in [4.69, 9.17) is 16.3 Å². The van der Waals surface area contributed by atoms with Crippen molar-refractivity contribution in [3.8, 4) is 17.0 Å². The average molecular weight is 502 g/mol. The van der Waals surface area contributed by atoms with Crippen LogP contribution in [0.1, 0.15) is 13.3 Å². The van der Waals surface area contributed by atoms with Gasteiger partial charge in [0.05, 0.1) is 48.3 Å². The number of ether oxygens (including phenoxy) is 1. The lowest BCUT2D eigenvalue weighted by molar-refractivity contribution is -0.137. The summed E-state index contributed by atoms with van der Waals surface area (Å²) in [6.07, 6.45) is 4.84. The van der Waals surface area contributed by atoms with Gasteiger partial charge in [-0.3, -0.25) is 19.7 Å². The number of rotatable bonds is 5. The van der Waals surface area contributed by atoms with Gasteiger partial charge in [0.25, 0.3) is 0 Å². The third-order valence-electron chi connectivity index (χ3n) is 6.22. The molecule has 0 unspecified atom stereocenters. The SMILES string of the molecule is CC(=O)N1CC(Oc2c(F)c(Cl)c(-c3cn4cc(NC(=O)[C@@H]5C[C@@H]5F)nc4cn3)c3cn[nH]c23)C1. The molecule has 2 aliphatic rings. The molecule has 0 bridgehead atoms. The molecule has 2 fully saturated rings. The molecule has 4 aromatic rings. The Morgan fingerprint density at radius 1 is 1.29 bits per heavy atom. The number of amides is 2. The molecule has 13 heteroatoms. The molecular weight excluding hydrogens is 484 g/mol. The number of hydrogen-bond acceptors (Lipinski definition) is 6. The molecule has 1 aliphatic carbocycles. The molecule has 6 rings (SSSR count). The number of aromatic nitrogens is 5. The van der Waals surface area contributed by atoms with Crippen molar-refractivity contribution in [2.75, 3.05) is 18.4 Å². The van der Waals surface area contributed by atoms with Crippen LogP contribution in [-0.4, -0.2) is 66.6 Å². The standard InChI is InChI=1S/C22H18ClF2N7O3/c1-9(33)31-5-10(6-31)35-21-19(25)18(23)17(12-3-27-30-20(12)21)14-7-32-8-15(28-16(32)4-26-14)29-22(34)11-2-13(11)24/h3-4,7-8,10-11,13H,2,5-6H2,1H3,(H,27,30)(H,29,34)/t11-,13+/m1/s1. The summed E-state index contributed by atoms with van der Waals surface area (Å²) >= 11 is 6.45. The Labute approximate surface area is 201 Å². The van der Waals surface area contributed by atoms with E-state index in [0.717, 1.165) is 0 Å². The molecule has 1 saturated carbocycles. The number of fused-ring (bicyclic) bond motifs is 2. The van der Waals surface area contributed by atoms with Gasteiger partial charge in [0.2, 0.25) is 11.8 Å². The number of likely N-dealkylation sites (tertiary alicyclic amines) is 1. The van der Waals surface area contributed by atoms with E-state index < -0.39 is 23.8 Å². The van der Waals surface area contributed by atoms with Crippen molar-refractivity contribution < 1.29 is 23.1 Å². The Bertz CT molecular complexity index is 1510. The van der Waals surface area contributed by atoms with Gasteiger partial charge in [-0.15, -0.1) is 0 Å². The van der Waals surface area contributed by atoms with Crippen LogP contribution in [0.25, 0.3) is 27.8 Å². The summed E-state index contributed by atoms with van der Waals surface area (Å²) in [5.74, 6) is -1.73. The monoisotopic (exact) mass is 501 g/mol. The Kier molecular flexibility index (Phi) is 4.88. The first-order chi connectivity index (χ1) is 16.8. The molecule has 0 radical (unpaired) electrons. The Morgan fingerprint density at radius 3 is 2.77 bits per heavy atom. The van der Waals surface area contributed by atoms with Crippen molar-refractivity contribution in [1.29, 1.82) is 0 Å². The van der Waals surface area contributed by atoms with E-state index in [1.54, 1.807) is 21.7 Å². The highest BCUT2D eigenvalue weighted by Gasteiger charge is 2.43. The number of imidazole rings is 1. The van der Waals surface area contributed by atoms with Crippen LogP contribution in [-0.2, 0) is 9.59 Å². The number of aromatic amines is 1. The molecule has 2 atom stereocenters. The second-order valence-corrected chi connectivity index (χ2v) is 9.04. The molecule has 4 heterocycles. The minimum Gasteiger partial charge on any atom is -0.481 e. The average Bonchev–Trinajstić information content (AvgIpc) is 3.16. The van der Waals surface area contributed by atoms with E-state index in [0.29, 0.717) is 40.9 Å². The highest BCUT2D eigenvalue weighted by molar-refractivity contribution is 6.35. The van der Waals surface area contributed by atoms with Crippen LogP contribution in [0.4, 0.5) is 14.6 Å². The van der Waals surface area contributed by atoms with Gasteiger partial charge in [-0.05, 0) is 6.42 Å². The predicted molar refractivity (Wildman–Crippen MR) is 121 cm³/mol. The molecule has 35 heavy (non-hydrogen) atoms. The van der Waals surface area contributed by atoms with Gasteiger partial charge in [0.15, 0.2) is 23.0 Å². The smallest absolute Gasteiger partial charge is 0.231 e. The van der Waals surface area contributed by atoms with Gasteiger partial charge >= 0.3 is 0 Å². The molecule has 1 aliphatic heterocycles. The van der Waals surface area contributed by atoms with Crippen molar-refractivity contribution in [3.05, 3.63) is 35.6 Å². The molecule has 10 nitrogen and oxygen atoms in total. The summed E-state index contributed by atoms with van der Waals surface area (Å²) in [6.45, 7) is 2.17. The van der Waals surface area contributed by atoms with Crippen molar-refractivity contribution >= 4 is 45.8 Å². The normalized spacial score (nSPS) is 19.7. The first kappa shape index (κ1) is 21.7. The minimum atomic E-state index is -1.11. The maximum Gasteiger partial charge on any atom is 0.231 e. The summed E-state index contributed by atoms with van der Waals surface area (Å²) in [7, 11) is 0. The first-order valence-corrected chi connectivity index (χ1v) is 11.2. The number of nitrogens with zero attached hydrogens (tertiary/aromatic N) is 5. The highest BCUT2D eigenvalue weighted by Crippen LogP contribution is 2.42. The maximum absolute atomic E-state index is 15.4. The fraction of sp³-hybridized carbons (Fsp3) is 0.318. The van der Waals surface area contributed by atoms with Gasteiger partial charge in [-0.1, -0.05) is 11.6 Å². The van der Waals surface area contributed by atoms with Gasteiger partial charge in [0.1, 0.15) is 17.8 Å². The highest BCUT2D eigenvalue weighted by atomic mass is 35.5. The lowest BCUT2D eigenvalue weighted by Crippen LogP contribution is -2.55. The number of halogens is 3.